The van der Waals surface area contributed by atoms with Crippen molar-refractivity contribution >= 4 is 23.9 Å². The summed E-state index contributed by atoms with van der Waals surface area (Å²) in [5.41, 5.74) is 4.05. The average Bonchev–Trinajstić information content (AvgIpc) is 3.39. The molecule has 0 aliphatic heterocycles. The van der Waals surface area contributed by atoms with Crippen LogP contribution in [0, 0.1) is 0 Å². The van der Waals surface area contributed by atoms with E-state index in [0.717, 1.165) is 54.4 Å². The molecular weight excluding hydrogens is 632 g/mol. The summed E-state index contributed by atoms with van der Waals surface area (Å²) in [7, 11) is 0. The highest BCUT2D eigenvalue weighted by Gasteiger charge is 2.29. The molecule has 2 amide bonds. The van der Waals surface area contributed by atoms with Crippen LogP contribution in [0.2, 0.25) is 0 Å². The van der Waals surface area contributed by atoms with Gasteiger partial charge in [-0.05, 0) is 75.1 Å². The summed E-state index contributed by atoms with van der Waals surface area (Å²) in [6.07, 6.45) is 15.4. The summed E-state index contributed by atoms with van der Waals surface area (Å²) < 4.78 is 10.9. The lowest BCUT2D eigenvalue weighted by Crippen LogP contribution is -2.41. The fourth-order valence-corrected chi connectivity index (χ4v) is 6.54. The number of fused-ring (bicyclic) bond motifs is 3. The minimum atomic E-state index is -1.11. The fourth-order valence-electron chi connectivity index (χ4n) is 6.54. The lowest BCUT2D eigenvalue weighted by Gasteiger charge is -2.19. The molecule has 9 nitrogen and oxygen atoms in total. The van der Waals surface area contributed by atoms with Crippen LogP contribution < -0.4 is 10.6 Å². The summed E-state index contributed by atoms with van der Waals surface area (Å²) in [5.74, 6) is -1.27. The van der Waals surface area contributed by atoms with E-state index in [9.17, 15) is 24.3 Å². The largest absolute Gasteiger partial charge is 0.480 e. The van der Waals surface area contributed by atoms with Crippen molar-refractivity contribution in [3.8, 4) is 11.1 Å². The summed E-state index contributed by atoms with van der Waals surface area (Å²) >= 11 is 0. The predicted molar refractivity (Wildman–Crippen MR) is 197 cm³/mol. The van der Waals surface area contributed by atoms with Crippen molar-refractivity contribution in [2.45, 2.75) is 147 Å². The molecule has 0 saturated heterocycles. The molecule has 0 spiro atoms. The van der Waals surface area contributed by atoms with Crippen LogP contribution in [0.15, 0.2) is 48.5 Å². The first-order valence-electron chi connectivity index (χ1n) is 18.9. The van der Waals surface area contributed by atoms with E-state index in [-0.39, 0.29) is 30.8 Å². The van der Waals surface area contributed by atoms with Crippen LogP contribution in [0.5, 0.6) is 0 Å². The van der Waals surface area contributed by atoms with Crippen molar-refractivity contribution in [3.63, 3.8) is 0 Å². The van der Waals surface area contributed by atoms with Crippen LogP contribution in [0.3, 0.4) is 0 Å². The second-order valence-corrected chi connectivity index (χ2v) is 14.5. The highest BCUT2D eigenvalue weighted by Crippen LogP contribution is 2.44. The van der Waals surface area contributed by atoms with Crippen LogP contribution in [0.1, 0.15) is 147 Å². The van der Waals surface area contributed by atoms with Crippen LogP contribution in [0.4, 0.5) is 4.79 Å². The third-order valence-corrected chi connectivity index (χ3v) is 9.13. The Morgan fingerprint density at radius 2 is 1.20 bits per heavy atom. The van der Waals surface area contributed by atoms with E-state index >= 15 is 0 Å². The molecule has 0 radical (unpaired) electrons. The number of aliphatic carboxylic acids is 1. The van der Waals surface area contributed by atoms with Crippen molar-refractivity contribution in [1.82, 2.24) is 10.6 Å². The molecule has 0 fully saturated rings. The van der Waals surface area contributed by atoms with Gasteiger partial charge in [0.15, 0.2) is 0 Å². The number of amides is 2. The van der Waals surface area contributed by atoms with E-state index in [1.54, 1.807) is 0 Å². The maximum Gasteiger partial charge on any atom is 0.407 e. The van der Waals surface area contributed by atoms with Crippen LogP contribution >= 0.6 is 0 Å². The van der Waals surface area contributed by atoms with Gasteiger partial charge in [0.25, 0.3) is 0 Å². The van der Waals surface area contributed by atoms with Gasteiger partial charge in [-0.15, -0.1) is 0 Å². The number of ether oxygens (including phenoxy) is 2. The molecule has 0 unspecified atom stereocenters. The zero-order chi connectivity index (χ0) is 36.2. The molecule has 0 saturated carbocycles. The molecule has 3 rings (SSSR count). The lowest BCUT2D eigenvalue weighted by molar-refractivity contribution is -0.155. The number of carbonyl (C=O) groups is 4. The maximum absolute atomic E-state index is 12.6. The zero-order valence-corrected chi connectivity index (χ0v) is 30.6. The third-order valence-electron chi connectivity index (χ3n) is 9.13. The highest BCUT2D eigenvalue weighted by atomic mass is 16.6. The fraction of sp³-hybridized carbons (Fsp3) is 0.610. The molecule has 1 aliphatic carbocycles. The Morgan fingerprint density at radius 1 is 0.700 bits per heavy atom. The molecule has 0 heterocycles. The van der Waals surface area contributed by atoms with E-state index in [0.29, 0.717) is 32.2 Å². The quantitative estimate of drug-likeness (QED) is 0.0739. The Balaban J connectivity index is 1.14. The van der Waals surface area contributed by atoms with Gasteiger partial charge in [0, 0.05) is 25.3 Å². The van der Waals surface area contributed by atoms with Crippen LogP contribution in [-0.4, -0.2) is 53.8 Å². The lowest BCUT2D eigenvalue weighted by atomic mass is 9.98. The van der Waals surface area contributed by atoms with Gasteiger partial charge in [-0.2, -0.15) is 0 Å². The predicted octanol–water partition coefficient (Wildman–Crippen LogP) is 9.07. The SMILES string of the molecule is CC(C)(C)OC(=O)CCCCCCCCCCCCCCC(=O)NCCCC[C@H](NC(=O)OCC1c2ccccc2-c2ccccc21)C(=O)O. The second-order valence-electron chi connectivity index (χ2n) is 14.5. The number of benzene rings is 2. The Morgan fingerprint density at radius 3 is 1.72 bits per heavy atom. The van der Waals surface area contributed by atoms with E-state index < -0.39 is 23.7 Å². The van der Waals surface area contributed by atoms with Gasteiger partial charge < -0.3 is 25.2 Å². The monoisotopic (exact) mass is 692 g/mol. The van der Waals surface area contributed by atoms with Crippen molar-refractivity contribution in [3.05, 3.63) is 59.7 Å². The van der Waals surface area contributed by atoms with Gasteiger partial charge in [-0.1, -0.05) is 113 Å². The van der Waals surface area contributed by atoms with Gasteiger partial charge in [0.2, 0.25) is 5.91 Å². The Kier molecular flexibility index (Phi) is 17.9. The smallest absolute Gasteiger partial charge is 0.407 e. The highest BCUT2D eigenvalue weighted by molar-refractivity contribution is 5.81. The normalized spacial score (nSPS) is 12.9. The van der Waals surface area contributed by atoms with E-state index in [4.69, 9.17) is 9.47 Å². The number of rotatable bonds is 24. The summed E-state index contributed by atoms with van der Waals surface area (Å²) in [6.45, 7) is 6.31. The second kappa shape index (κ2) is 22.0. The molecule has 1 atom stereocenters. The standard InChI is InChI=1S/C41H60N2O7/c1-41(2,3)50-38(45)28-15-13-11-9-7-5-4-6-8-10-12-14-27-37(44)42-29-21-20-26-36(39(46)47)43-40(48)49-30-35-33-24-18-16-22-31(33)32-23-17-19-25-34(32)35/h16-19,22-25,35-36H,4-15,20-21,26-30H2,1-3H3,(H,42,44)(H,43,48)(H,46,47)/t36-/m0/s1. The molecule has 276 valence electrons. The number of hydrogen-bond donors (Lipinski definition) is 3. The first-order valence-corrected chi connectivity index (χ1v) is 18.9. The van der Waals surface area contributed by atoms with Crippen molar-refractivity contribution in [2.24, 2.45) is 0 Å². The van der Waals surface area contributed by atoms with Gasteiger partial charge in [0.05, 0.1) is 0 Å². The molecule has 0 bridgehead atoms. The number of carbonyl (C=O) groups excluding carboxylic acids is 3. The number of esters is 1. The van der Waals surface area contributed by atoms with Crippen LogP contribution in [-0.2, 0) is 23.9 Å². The Hall–Kier alpha value is -3.88. The molecule has 50 heavy (non-hydrogen) atoms. The topological polar surface area (TPSA) is 131 Å². The van der Waals surface area contributed by atoms with Crippen molar-refractivity contribution in [2.75, 3.05) is 13.2 Å². The minimum Gasteiger partial charge on any atom is -0.480 e. The first-order chi connectivity index (χ1) is 24.0. The first kappa shape index (κ1) is 40.5. The number of carboxylic acid groups (broad SMARTS) is 1. The molecule has 2 aromatic carbocycles. The number of unbranched alkanes of at least 4 members (excludes halogenated alkanes) is 12. The van der Waals surface area contributed by atoms with E-state index in [2.05, 4.69) is 22.8 Å². The molecule has 0 aromatic heterocycles. The Labute approximate surface area is 299 Å². The van der Waals surface area contributed by atoms with E-state index in [1.165, 1.54) is 44.9 Å². The number of alkyl carbamates (subject to hydrolysis) is 1. The number of hydrogen-bond acceptors (Lipinski definition) is 6. The van der Waals surface area contributed by atoms with E-state index in [1.807, 2.05) is 57.2 Å². The number of carboxylic acids is 1. The Bertz CT molecular complexity index is 1310. The summed E-state index contributed by atoms with van der Waals surface area (Å²) in [6, 6.07) is 15.1. The maximum atomic E-state index is 12.6. The van der Waals surface area contributed by atoms with Crippen LogP contribution in [0.25, 0.3) is 11.1 Å². The van der Waals surface area contributed by atoms with Gasteiger partial charge in [-0.25, -0.2) is 9.59 Å². The van der Waals surface area contributed by atoms with Gasteiger partial charge >= 0.3 is 18.0 Å². The minimum absolute atomic E-state index is 0.0302. The van der Waals surface area contributed by atoms with Crippen molar-refractivity contribution < 1.29 is 33.8 Å². The number of nitrogens with one attached hydrogen (secondary N) is 2. The summed E-state index contributed by atoms with van der Waals surface area (Å²) in [4.78, 5) is 48.3. The molecule has 3 N–H and O–H groups in total. The molecule has 2 aromatic rings. The summed E-state index contributed by atoms with van der Waals surface area (Å²) in [5, 5.41) is 15.1. The molecule has 1 aliphatic rings. The molecule has 9 heteroatoms. The van der Waals surface area contributed by atoms with Crippen molar-refractivity contribution in [1.29, 1.82) is 0 Å². The van der Waals surface area contributed by atoms with Gasteiger partial charge in [-0.3, -0.25) is 9.59 Å². The zero-order valence-electron chi connectivity index (χ0n) is 30.6. The van der Waals surface area contributed by atoms with Gasteiger partial charge in [0.1, 0.15) is 18.2 Å². The average molecular weight is 693 g/mol. The third kappa shape index (κ3) is 15.3. The molecular formula is C41H60N2O7.